The van der Waals surface area contributed by atoms with Crippen LogP contribution in [0.5, 0.6) is 0 Å². The Morgan fingerprint density at radius 2 is 2.22 bits per heavy atom. The third-order valence-electron chi connectivity index (χ3n) is 3.89. The minimum atomic E-state index is -0.755. The molecule has 136 valence electrons. The van der Waals surface area contributed by atoms with Gasteiger partial charge in [-0.1, -0.05) is 0 Å². The van der Waals surface area contributed by atoms with Crippen molar-refractivity contribution >= 4 is 17.7 Å². The molecular weight excluding hydrogens is 354 g/mol. The van der Waals surface area contributed by atoms with Crippen LogP contribution >= 0.6 is 0 Å². The Labute approximate surface area is 153 Å². The standard InChI is InChI=1S/C18H13N3O6/c1-10(22)16-11(2)27-18(14(7-19)17(16)15-4-3-5-25-15)20-8-13-6-12(9-26-13)21(23)24/h3-6,8-9,17H,1-2H3/b20-8+. The second-order valence-corrected chi connectivity index (χ2v) is 5.63. The summed E-state index contributed by atoms with van der Waals surface area (Å²) in [6.45, 7) is 2.97. The molecule has 0 bridgehead atoms. The molecule has 1 atom stereocenters. The average molecular weight is 367 g/mol. The Balaban J connectivity index is 2.04. The highest BCUT2D eigenvalue weighted by Gasteiger charge is 2.36. The van der Waals surface area contributed by atoms with Gasteiger partial charge in [0.25, 0.3) is 0 Å². The number of furan rings is 2. The number of nitro groups is 1. The minimum Gasteiger partial charge on any atom is -0.468 e. The van der Waals surface area contributed by atoms with Crippen LogP contribution in [0.4, 0.5) is 5.69 Å². The van der Waals surface area contributed by atoms with Gasteiger partial charge >= 0.3 is 5.69 Å². The number of ketones is 1. The first kappa shape index (κ1) is 17.9. The zero-order valence-corrected chi connectivity index (χ0v) is 14.3. The molecule has 0 N–H and O–H groups in total. The highest BCUT2D eigenvalue weighted by atomic mass is 16.6. The predicted molar refractivity (Wildman–Crippen MR) is 91.5 cm³/mol. The maximum absolute atomic E-state index is 12.1. The van der Waals surface area contributed by atoms with Crippen molar-refractivity contribution in [2.24, 2.45) is 4.99 Å². The number of hydrogen-bond acceptors (Lipinski definition) is 8. The molecule has 27 heavy (non-hydrogen) atoms. The predicted octanol–water partition coefficient (Wildman–Crippen LogP) is 3.61. The molecule has 0 radical (unpaired) electrons. The average Bonchev–Trinajstić information content (AvgIpc) is 3.30. The highest BCUT2D eigenvalue weighted by molar-refractivity contribution is 5.96. The van der Waals surface area contributed by atoms with E-state index >= 15 is 0 Å². The molecule has 0 saturated heterocycles. The van der Waals surface area contributed by atoms with E-state index in [1.54, 1.807) is 19.1 Å². The van der Waals surface area contributed by atoms with Crippen molar-refractivity contribution < 1.29 is 23.3 Å². The van der Waals surface area contributed by atoms with Crippen LogP contribution in [0.1, 0.15) is 31.3 Å². The molecule has 0 saturated carbocycles. The Morgan fingerprint density at radius 3 is 2.78 bits per heavy atom. The molecule has 3 heterocycles. The normalized spacial score (nSPS) is 17.1. The number of nitrogens with zero attached hydrogens (tertiary/aromatic N) is 3. The van der Waals surface area contributed by atoms with Crippen LogP contribution in [0.3, 0.4) is 0 Å². The highest BCUT2D eigenvalue weighted by Crippen LogP contribution is 2.41. The van der Waals surface area contributed by atoms with E-state index in [0.29, 0.717) is 17.1 Å². The fourth-order valence-corrected chi connectivity index (χ4v) is 2.75. The monoisotopic (exact) mass is 367 g/mol. The van der Waals surface area contributed by atoms with E-state index in [9.17, 15) is 20.2 Å². The molecule has 0 fully saturated rings. The second-order valence-electron chi connectivity index (χ2n) is 5.63. The van der Waals surface area contributed by atoms with E-state index in [0.717, 1.165) is 6.26 Å². The third-order valence-corrected chi connectivity index (χ3v) is 3.89. The Morgan fingerprint density at radius 1 is 1.44 bits per heavy atom. The van der Waals surface area contributed by atoms with Gasteiger partial charge in [0, 0.05) is 5.57 Å². The lowest BCUT2D eigenvalue weighted by molar-refractivity contribution is -0.385. The summed E-state index contributed by atoms with van der Waals surface area (Å²) in [5, 5.41) is 20.4. The smallest absolute Gasteiger partial charge is 0.307 e. The van der Waals surface area contributed by atoms with Crippen molar-refractivity contribution in [3.05, 3.63) is 75.1 Å². The van der Waals surface area contributed by atoms with E-state index in [1.807, 2.05) is 6.07 Å². The molecule has 1 unspecified atom stereocenters. The molecule has 1 aliphatic rings. The lowest BCUT2D eigenvalue weighted by Gasteiger charge is -2.24. The summed E-state index contributed by atoms with van der Waals surface area (Å²) in [6.07, 6.45) is 3.62. The zero-order chi connectivity index (χ0) is 19.6. The maximum atomic E-state index is 12.1. The number of nitriles is 1. The Kier molecular flexibility index (Phi) is 4.72. The van der Waals surface area contributed by atoms with Crippen LogP contribution in [0.15, 0.2) is 67.3 Å². The molecule has 0 spiro atoms. The summed E-state index contributed by atoms with van der Waals surface area (Å²) in [5.74, 6) is -0.244. The summed E-state index contributed by atoms with van der Waals surface area (Å²) in [4.78, 5) is 26.3. The number of hydrogen-bond donors (Lipinski definition) is 0. The van der Waals surface area contributed by atoms with Crippen molar-refractivity contribution in [3.8, 4) is 6.07 Å². The molecule has 0 amide bonds. The maximum Gasteiger partial charge on any atom is 0.307 e. The van der Waals surface area contributed by atoms with Crippen LogP contribution in [-0.2, 0) is 9.53 Å². The molecular formula is C18H13N3O6. The molecule has 0 aromatic carbocycles. The van der Waals surface area contributed by atoms with Crippen LogP contribution < -0.4 is 0 Å². The quantitative estimate of drug-likeness (QED) is 0.448. The molecule has 0 aliphatic carbocycles. The first-order valence-electron chi connectivity index (χ1n) is 7.76. The van der Waals surface area contributed by atoms with Gasteiger partial charge in [-0.05, 0) is 26.0 Å². The van der Waals surface area contributed by atoms with Crippen LogP contribution in [0.2, 0.25) is 0 Å². The van der Waals surface area contributed by atoms with Gasteiger partial charge in [-0.2, -0.15) is 5.26 Å². The van der Waals surface area contributed by atoms with Crippen LogP contribution in [-0.4, -0.2) is 16.9 Å². The molecule has 2 aromatic rings. The SMILES string of the molecule is CC(=O)C1=C(C)OC(/N=C/c2cc([N+](=O)[O-])co2)=C(C#N)C1c1ccco1. The number of aliphatic imine (C=N–C) groups is 1. The van der Waals surface area contributed by atoms with Crippen molar-refractivity contribution in [2.75, 3.05) is 0 Å². The summed E-state index contributed by atoms with van der Waals surface area (Å²) in [7, 11) is 0. The molecule has 9 heteroatoms. The first-order valence-corrected chi connectivity index (χ1v) is 7.76. The first-order chi connectivity index (χ1) is 12.9. The van der Waals surface area contributed by atoms with Crippen molar-refractivity contribution in [1.82, 2.24) is 0 Å². The summed E-state index contributed by atoms with van der Waals surface area (Å²) >= 11 is 0. The topological polar surface area (TPSA) is 132 Å². The number of allylic oxidation sites excluding steroid dienone is 3. The Bertz CT molecular complexity index is 1030. The molecule has 1 aliphatic heterocycles. The largest absolute Gasteiger partial charge is 0.468 e. The van der Waals surface area contributed by atoms with E-state index in [4.69, 9.17) is 13.6 Å². The van der Waals surface area contributed by atoms with Gasteiger partial charge < -0.3 is 13.6 Å². The van der Waals surface area contributed by atoms with Gasteiger partial charge in [0.15, 0.2) is 17.8 Å². The summed E-state index contributed by atoms with van der Waals surface area (Å²) < 4.78 is 16.0. The van der Waals surface area contributed by atoms with Gasteiger partial charge in [-0.15, -0.1) is 0 Å². The lowest BCUT2D eigenvalue weighted by Crippen LogP contribution is -2.19. The van der Waals surface area contributed by atoms with E-state index in [-0.39, 0.29) is 28.7 Å². The van der Waals surface area contributed by atoms with Crippen molar-refractivity contribution in [3.63, 3.8) is 0 Å². The number of carbonyl (C=O) groups excluding carboxylic acids is 1. The third kappa shape index (κ3) is 3.41. The van der Waals surface area contributed by atoms with E-state index < -0.39 is 10.8 Å². The number of carbonyl (C=O) groups is 1. The van der Waals surface area contributed by atoms with Gasteiger partial charge in [-0.3, -0.25) is 14.9 Å². The van der Waals surface area contributed by atoms with Gasteiger partial charge in [-0.25, -0.2) is 4.99 Å². The number of Topliss-reactive ketones (excluding diaryl/α,β-unsaturated/α-hetero) is 1. The van der Waals surface area contributed by atoms with Crippen LogP contribution in [0.25, 0.3) is 0 Å². The number of ether oxygens (including phenoxy) is 1. The lowest BCUT2D eigenvalue weighted by atomic mass is 9.85. The van der Waals surface area contributed by atoms with E-state index in [2.05, 4.69) is 4.99 Å². The minimum absolute atomic E-state index is 0.0412. The van der Waals surface area contributed by atoms with Gasteiger partial charge in [0.2, 0.25) is 5.88 Å². The fourth-order valence-electron chi connectivity index (χ4n) is 2.75. The van der Waals surface area contributed by atoms with Gasteiger partial charge in [0.05, 0.1) is 29.4 Å². The Hall–Kier alpha value is -3.93. The zero-order valence-electron chi connectivity index (χ0n) is 14.3. The summed E-state index contributed by atoms with van der Waals surface area (Å²) in [6, 6.07) is 6.50. The van der Waals surface area contributed by atoms with Crippen LogP contribution in [0, 0.1) is 21.4 Å². The van der Waals surface area contributed by atoms with Crippen molar-refractivity contribution in [2.45, 2.75) is 19.8 Å². The molecule has 9 nitrogen and oxygen atoms in total. The summed E-state index contributed by atoms with van der Waals surface area (Å²) in [5.41, 5.74) is 0.158. The fraction of sp³-hybridized carbons (Fsp3) is 0.167. The van der Waals surface area contributed by atoms with Crippen molar-refractivity contribution in [1.29, 1.82) is 5.26 Å². The number of rotatable bonds is 5. The molecule has 2 aromatic heterocycles. The van der Waals surface area contributed by atoms with E-state index in [1.165, 1.54) is 25.5 Å². The second kappa shape index (κ2) is 7.13. The van der Waals surface area contributed by atoms with Gasteiger partial charge in [0.1, 0.15) is 23.2 Å². The molecule has 3 rings (SSSR count).